The molecule has 0 aliphatic heterocycles. The standard InChI is InChI=1S/C56H48N2OSi2/c1-60(2,47-37-29-43(30-38-47)23-21-41-25-33-45(34-26-41)57-53-17-9-5-13-49(53)50-14-6-10-18-54(50)57)59-61(3,4)48-39-31-44(32-40-48)24-22-42-27-35-46(36-28-42)58-55-19-11-7-15-51(55)52-16-8-12-20-56(52)58/h5-40H,1-4H3. The van der Waals surface area contributed by atoms with Crippen LogP contribution in [0.25, 0.3) is 79.3 Å². The highest BCUT2D eigenvalue weighted by atomic mass is 28.4. The molecule has 10 rings (SSSR count). The van der Waals surface area contributed by atoms with E-state index in [4.69, 9.17) is 4.12 Å². The van der Waals surface area contributed by atoms with Crippen LogP contribution in [0.3, 0.4) is 0 Å². The van der Waals surface area contributed by atoms with Gasteiger partial charge in [0.15, 0.2) is 0 Å². The van der Waals surface area contributed by atoms with Gasteiger partial charge >= 0.3 is 0 Å². The zero-order valence-corrected chi connectivity index (χ0v) is 37.1. The highest BCUT2D eigenvalue weighted by molar-refractivity contribution is 6.96. The highest BCUT2D eigenvalue weighted by Gasteiger charge is 2.36. The van der Waals surface area contributed by atoms with E-state index in [-0.39, 0.29) is 0 Å². The predicted molar refractivity (Wildman–Crippen MR) is 268 cm³/mol. The first-order chi connectivity index (χ1) is 29.7. The van der Waals surface area contributed by atoms with Gasteiger partial charge in [0.1, 0.15) is 0 Å². The third-order valence-corrected chi connectivity index (χ3v) is 19.7. The van der Waals surface area contributed by atoms with Crippen molar-refractivity contribution in [1.82, 2.24) is 9.13 Å². The molecule has 296 valence electrons. The molecule has 0 radical (unpaired) electrons. The van der Waals surface area contributed by atoms with Gasteiger partial charge in [-0.2, -0.15) is 0 Å². The lowest BCUT2D eigenvalue weighted by atomic mass is 10.1. The number of hydrogen-bond donors (Lipinski definition) is 0. The van der Waals surface area contributed by atoms with Gasteiger partial charge < -0.3 is 13.2 Å². The maximum Gasteiger partial charge on any atom is 0.206 e. The van der Waals surface area contributed by atoms with Gasteiger partial charge in [-0.3, -0.25) is 0 Å². The first-order valence-corrected chi connectivity index (χ1v) is 27.0. The van der Waals surface area contributed by atoms with E-state index in [0.29, 0.717) is 0 Å². The van der Waals surface area contributed by atoms with Crippen LogP contribution in [0.1, 0.15) is 22.3 Å². The van der Waals surface area contributed by atoms with Gasteiger partial charge in [0.25, 0.3) is 0 Å². The number of benzene rings is 8. The van der Waals surface area contributed by atoms with E-state index >= 15 is 0 Å². The molecule has 61 heavy (non-hydrogen) atoms. The largest absolute Gasteiger partial charge is 0.449 e. The smallest absolute Gasteiger partial charge is 0.206 e. The van der Waals surface area contributed by atoms with Crippen LogP contribution in [0, 0.1) is 0 Å². The number of rotatable bonds is 10. The second kappa shape index (κ2) is 15.7. The molecule has 3 nitrogen and oxygen atoms in total. The number of nitrogens with zero attached hydrogens (tertiary/aromatic N) is 2. The highest BCUT2D eigenvalue weighted by Crippen LogP contribution is 2.33. The molecule has 0 unspecified atom stereocenters. The van der Waals surface area contributed by atoms with Crippen LogP contribution in [0.4, 0.5) is 0 Å². The first kappa shape index (κ1) is 38.4. The summed E-state index contributed by atoms with van der Waals surface area (Å²) in [6.07, 6.45) is 8.79. The van der Waals surface area contributed by atoms with Crippen LogP contribution in [-0.4, -0.2) is 25.8 Å². The van der Waals surface area contributed by atoms with E-state index in [1.165, 1.54) is 87.6 Å². The Morgan fingerprint density at radius 1 is 0.311 bits per heavy atom. The van der Waals surface area contributed by atoms with Crippen molar-refractivity contribution in [1.29, 1.82) is 0 Å². The molecule has 0 aliphatic carbocycles. The molecule has 2 heterocycles. The molecule has 0 atom stereocenters. The Bertz CT molecular complexity index is 2910. The van der Waals surface area contributed by atoms with Crippen LogP contribution in [0.15, 0.2) is 194 Å². The minimum Gasteiger partial charge on any atom is -0.449 e. The monoisotopic (exact) mass is 820 g/mol. The maximum atomic E-state index is 7.16. The first-order valence-electron chi connectivity index (χ1n) is 21.2. The summed E-state index contributed by atoms with van der Waals surface area (Å²) in [5, 5.41) is 7.74. The van der Waals surface area contributed by atoms with Crippen molar-refractivity contribution in [3.05, 3.63) is 216 Å². The molecule has 0 bridgehead atoms. The summed E-state index contributed by atoms with van der Waals surface area (Å²) in [4.78, 5) is 0. The van der Waals surface area contributed by atoms with E-state index in [2.05, 4.69) is 254 Å². The van der Waals surface area contributed by atoms with Crippen molar-refractivity contribution in [2.24, 2.45) is 0 Å². The molecule has 0 spiro atoms. The van der Waals surface area contributed by atoms with E-state index in [0.717, 1.165) is 0 Å². The van der Waals surface area contributed by atoms with Crippen molar-refractivity contribution in [3.63, 3.8) is 0 Å². The second-order valence-corrected chi connectivity index (χ2v) is 25.0. The molecule has 0 saturated carbocycles. The molecule has 10 aromatic rings. The third kappa shape index (κ3) is 7.42. The van der Waals surface area contributed by atoms with Gasteiger partial charge in [0.2, 0.25) is 16.6 Å². The fourth-order valence-corrected chi connectivity index (χ4v) is 17.0. The van der Waals surface area contributed by atoms with E-state index < -0.39 is 16.6 Å². The topological polar surface area (TPSA) is 19.1 Å². The summed E-state index contributed by atoms with van der Waals surface area (Å²) >= 11 is 0. The Balaban J connectivity index is 0.784. The van der Waals surface area contributed by atoms with E-state index in [1.807, 2.05) is 0 Å². The summed E-state index contributed by atoms with van der Waals surface area (Å²) in [6.45, 7) is 9.31. The minimum atomic E-state index is -2.19. The van der Waals surface area contributed by atoms with Crippen LogP contribution in [-0.2, 0) is 4.12 Å². The molecule has 2 aromatic heterocycles. The lowest BCUT2D eigenvalue weighted by Crippen LogP contribution is -2.57. The molecule has 0 N–H and O–H groups in total. The van der Waals surface area contributed by atoms with Crippen LogP contribution in [0.2, 0.25) is 26.2 Å². The zero-order valence-electron chi connectivity index (χ0n) is 35.1. The summed E-state index contributed by atoms with van der Waals surface area (Å²) in [6, 6.07) is 70.3. The van der Waals surface area contributed by atoms with Gasteiger partial charge in [0, 0.05) is 32.9 Å². The fourth-order valence-electron chi connectivity index (χ4n) is 9.00. The van der Waals surface area contributed by atoms with Gasteiger partial charge in [-0.25, -0.2) is 0 Å². The lowest BCUT2D eigenvalue weighted by Gasteiger charge is -2.34. The van der Waals surface area contributed by atoms with Gasteiger partial charge in [-0.05, 0) is 107 Å². The normalized spacial score (nSPS) is 12.5. The summed E-state index contributed by atoms with van der Waals surface area (Å²) in [5.41, 5.74) is 11.9. The van der Waals surface area contributed by atoms with Gasteiger partial charge in [-0.1, -0.05) is 170 Å². The van der Waals surface area contributed by atoms with E-state index in [1.54, 1.807) is 0 Å². The van der Waals surface area contributed by atoms with E-state index in [9.17, 15) is 0 Å². The summed E-state index contributed by atoms with van der Waals surface area (Å²) in [7, 11) is -4.38. The Morgan fingerprint density at radius 3 is 0.836 bits per heavy atom. The molecule has 0 aliphatic rings. The number of para-hydroxylation sites is 4. The molecule has 8 aromatic carbocycles. The third-order valence-electron chi connectivity index (χ3n) is 12.1. The predicted octanol–water partition coefficient (Wildman–Crippen LogP) is 13.8. The number of hydrogen-bond acceptors (Lipinski definition) is 1. The summed E-state index contributed by atoms with van der Waals surface area (Å²) in [5.74, 6) is 0. The molecular formula is C56H48N2OSi2. The maximum absolute atomic E-state index is 7.16. The molecule has 0 amide bonds. The lowest BCUT2D eigenvalue weighted by molar-refractivity contribution is 0.573. The Labute approximate surface area is 360 Å². The second-order valence-electron chi connectivity index (χ2n) is 17.0. The van der Waals surface area contributed by atoms with Crippen LogP contribution < -0.4 is 10.4 Å². The molecule has 0 fully saturated rings. The van der Waals surface area contributed by atoms with Crippen molar-refractivity contribution in [3.8, 4) is 11.4 Å². The van der Waals surface area contributed by atoms with Crippen molar-refractivity contribution in [2.45, 2.75) is 26.2 Å². The number of fused-ring (bicyclic) bond motifs is 6. The molecular weight excluding hydrogens is 773 g/mol. The Hall–Kier alpha value is -6.77. The molecule has 5 heteroatoms. The fraction of sp³-hybridized carbons (Fsp3) is 0.0714. The van der Waals surface area contributed by atoms with Crippen molar-refractivity contribution in [2.75, 3.05) is 0 Å². The average Bonchev–Trinajstić information content (AvgIpc) is 3.81. The SMILES string of the molecule is C[Si](C)(O[Si](C)(C)c1ccc(C=Cc2ccc(-n3c4ccccc4c4ccccc43)cc2)cc1)c1ccc(C=Cc2ccc(-n3c4ccccc4c4ccccc43)cc2)cc1. The van der Waals surface area contributed by atoms with Crippen LogP contribution in [0.5, 0.6) is 0 Å². The van der Waals surface area contributed by atoms with Gasteiger partial charge in [0.05, 0.1) is 22.1 Å². The zero-order chi connectivity index (χ0) is 41.6. The average molecular weight is 821 g/mol. The number of aromatic nitrogens is 2. The minimum absolute atomic E-state index is 1.17. The Kier molecular flexibility index (Phi) is 9.88. The molecule has 0 saturated heterocycles. The summed E-state index contributed by atoms with van der Waals surface area (Å²) < 4.78 is 11.9. The van der Waals surface area contributed by atoms with Crippen molar-refractivity contribution < 1.29 is 4.12 Å². The Morgan fingerprint density at radius 2 is 0.557 bits per heavy atom. The quantitative estimate of drug-likeness (QED) is 0.0993. The van der Waals surface area contributed by atoms with Crippen molar-refractivity contribution >= 4 is 94.9 Å². The van der Waals surface area contributed by atoms with Gasteiger partial charge in [-0.15, -0.1) is 0 Å². The van der Waals surface area contributed by atoms with Crippen LogP contribution >= 0.6 is 0 Å².